The summed E-state index contributed by atoms with van der Waals surface area (Å²) in [4.78, 5) is 4.50. The third-order valence-corrected chi connectivity index (χ3v) is 3.62. The fourth-order valence-corrected chi connectivity index (χ4v) is 2.37. The molecule has 25 heavy (non-hydrogen) atoms. The smallest absolute Gasteiger partial charge is 0.120 e. The highest BCUT2D eigenvalue weighted by Gasteiger charge is 1.97. The molecular formula is C22H21NO2. The average molecular weight is 331 g/mol. The number of ether oxygens (including phenoxy) is 2. The van der Waals surface area contributed by atoms with E-state index in [0.29, 0.717) is 13.2 Å². The van der Waals surface area contributed by atoms with Gasteiger partial charge < -0.3 is 9.47 Å². The van der Waals surface area contributed by atoms with E-state index >= 15 is 0 Å². The van der Waals surface area contributed by atoms with Crippen molar-refractivity contribution < 1.29 is 9.47 Å². The second-order valence-corrected chi connectivity index (χ2v) is 5.53. The molecule has 0 heterocycles. The Bertz CT molecular complexity index is 811. The second kappa shape index (κ2) is 8.69. The summed E-state index contributed by atoms with van der Waals surface area (Å²) in [7, 11) is 0. The molecule has 3 rings (SSSR count). The molecule has 126 valence electrons. The second-order valence-electron chi connectivity index (χ2n) is 5.53. The number of benzene rings is 3. The summed E-state index contributed by atoms with van der Waals surface area (Å²) < 4.78 is 11.3. The Morgan fingerprint density at radius 2 is 1.60 bits per heavy atom. The molecule has 0 atom stereocenters. The van der Waals surface area contributed by atoms with Crippen LogP contribution in [0.1, 0.15) is 18.1 Å². The molecule has 0 N–H and O–H groups in total. The van der Waals surface area contributed by atoms with Crippen molar-refractivity contribution in [1.29, 1.82) is 0 Å². The first-order valence-corrected chi connectivity index (χ1v) is 8.37. The third-order valence-electron chi connectivity index (χ3n) is 3.62. The fraction of sp³-hybridized carbons (Fsp3) is 0.136. The van der Waals surface area contributed by atoms with Gasteiger partial charge in [0.25, 0.3) is 0 Å². The third kappa shape index (κ3) is 5.21. The Hall–Kier alpha value is -3.07. The van der Waals surface area contributed by atoms with E-state index in [9.17, 15) is 0 Å². The Morgan fingerprint density at radius 1 is 0.800 bits per heavy atom. The maximum absolute atomic E-state index is 5.85. The summed E-state index contributed by atoms with van der Waals surface area (Å²) in [5.74, 6) is 1.69. The molecule has 3 aromatic rings. The highest BCUT2D eigenvalue weighted by molar-refractivity contribution is 5.82. The van der Waals surface area contributed by atoms with Crippen LogP contribution in [0.15, 0.2) is 83.9 Å². The van der Waals surface area contributed by atoms with Crippen LogP contribution in [-0.4, -0.2) is 12.8 Å². The van der Waals surface area contributed by atoms with Crippen LogP contribution in [0.2, 0.25) is 0 Å². The summed E-state index contributed by atoms with van der Waals surface area (Å²) in [6, 6.07) is 25.8. The summed E-state index contributed by atoms with van der Waals surface area (Å²) in [5.41, 5.74) is 3.04. The SMILES string of the molecule is CCOc1ccc(N=Cc2cccc(OCc3ccccc3)c2)cc1. The number of nitrogens with zero attached hydrogens (tertiary/aromatic N) is 1. The predicted octanol–water partition coefficient (Wildman–Crippen LogP) is 5.41. The van der Waals surface area contributed by atoms with Crippen molar-refractivity contribution in [3.8, 4) is 11.5 Å². The molecule has 3 nitrogen and oxygen atoms in total. The normalized spacial score (nSPS) is 10.8. The summed E-state index contributed by atoms with van der Waals surface area (Å²) in [6.07, 6.45) is 1.84. The molecule has 3 aromatic carbocycles. The molecule has 0 saturated carbocycles. The molecule has 0 fully saturated rings. The molecule has 0 aliphatic rings. The minimum absolute atomic E-state index is 0.556. The Morgan fingerprint density at radius 3 is 2.36 bits per heavy atom. The van der Waals surface area contributed by atoms with E-state index < -0.39 is 0 Å². The zero-order chi connectivity index (χ0) is 17.3. The molecule has 0 aliphatic carbocycles. The summed E-state index contributed by atoms with van der Waals surface area (Å²) >= 11 is 0. The van der Waals surface area contributed by atoms with Gasteiger partial charge in [-0.15, -0.1) is 0 Å². The molecule has 0 spiro atoms. The number of rotatable bonds is 7. The topological polar surface area (TPSA) is 30.8 Å². The van der Waals surface area contributed by atoms with Gasteiger partial charge in [0.15, 0.2) is 0 Å². The van der Waals surface area contributed by atoms with Crippen molar-refractivity contribution in [3.63, 3.8) is 0 Å². The molecule has 0 aliphatic heterocycles. The molecule has 0 unspecified atom stereocenters. The van der Waals surface area contributed by atoms with Crippen molar-refractivity contribution in [2.75, 3.05) is 6.61 Å². The van der Waals surface area contributed by atoms with Gasteiger partial charge >= 0.3 is 0 Å². The quantitative estimate of drug-likeness (QED) is 0.542. The van der Waals surface area contributed by atoms with Crippen molar-refractivity contribution in [3.05, 3.63) is 90.0 Å². The maximum Gasteiger partial charge on any atom is 0.120 e. The van der Waals surface area contributed by atoms with Crippen LogP contribution < -0.4 is 9.47 Å². The largest absolute Gasteiger partial charge is 0.494 e. The van der Waals surface area contributed by atoms with Gasteiger partial charge in [0.2, 0.25) is 0 Å². The monoisotopic (exact) mass is 331 g/mol. The number of aliphatic imine (C=N–C) groups is 1. The van der Waals surface area contributed by atoms with Gasteiger partial charge in [-0.2, -0.15) is 0 Å². The highest BCUT2D eigenvalue weighted by Crippen LogP contribution is 2.19. The van der Waals surface area contributed by atoms with Crippen LogP contribution in [0.5, 0.6) is 11.5 Å². The molecule has 0 saturated heterocycles. The highest BCUT2D eigenvalue weighted by atomic mass is 16.5. The molecule has 0 radical (unpaired) electrons. The van der Waals surface area contributed by atoms with Gasteiger partial charge in [0.1, 0.15) is 18.1 Å². The van der Waals surface area contributed by atoms with Crippen LogP contribution >= 0.6 is 0 Å². The van der Waals surface area contributed by atoms with Crippen molar-refractivity contribution in [1.82, 2.24) is 0 Å². The lowest BCUT2D eigenvalue weighted by Crippen LogP contribution is -1.95. The van der Waals surface area contributed by atoms with E-state index in [1.165, 1.54) is 0 Å². The molecule has 0 amide bonds. The summed E-state index contributed by atoms with van der Waals surface area (Å²) in [5, 5.41) is 0. The number of hydrogen-bond acceptors (Lipinski definition) is 3. The first-order valence-electron chi connectivity index (χ1n) is 8.37. The zero-order valence-electron chi connectivity index (χ0n) is 14.3. The lowest BCUT2D eigenvalue weighted by atomic mass is 10.2. The lowest BCUT2D eigenvalue weighted by molar-refractivity contribution is 0.306. The molecule has 3 heteroatoms. The van der Waals surface area contributed by atoms with Gasteiger partial charge in [0.05, 0.1) is 12.3 Å². The Labute approximate surface area is 148 Å². The van der Waals surface area contributed by atoms with E-state index in [-0.39, 0.29) is 0 Å². The summed E-state index contributed by atoms with van der Waals surface area (Å²) in [6.45, 7) is 3.19. The minimum atomic E-state index is 0.556. The number of hydrogen-bond donors (Lipinski definition) is 0. The van der Waals surface area contributed by atoms with Crippen LogP contribution in [-0.2, 0) is 6.61 Å². The molecular weight excluding hydrogens is 310 g/mol. The van der Waals surface area contributed by atoms with Crippen molar-refractivity contribution >= 4 is 11.9 Å². The Balaban J connectivity index is 1.62. The van der Waals surface area contributed by atoms with Gasteiger partial charge in [-0.25, -0.2) is 0 Å². The maximum atomic E-state index is 5.85. The first-order chi connectivity index (χ1) is 12.3. The van der Waals surface area contributed by atoms with Crippen LogP contribution in [0.3, 0.4) is 0 Å². The molecule has 0 bridgehead atoms. The lowest BCUT2D eigenvalue weighted by Gasteiger charge is -2.06. The van der Waals surface area contributed by atoms with E-state index in [1.807, 2.05) is 79.9 Å². The van der Waals surface area contributed by atoms with Crippen LogP contribution in [0, 0.1) is 0 Å². The van der Waals surface area contributed by atoms with E-state index in [4.69, 9.17) is 9.47 Å². The Kier molecular flexibility index (Phi) is 5.83. The van der Waals surface area contributed by atoms with Gasteiger partial charge in [-0.1, -0.05) is 42.5 Å². The van der Waals surface area contributed by atoms with Crippen molar-refractivity contribution in [2.24, 2.45) is 4.99 Å². The van der Waals surface area contributed by atoms with E-state index in [1.54, 1.807) is 0 Å². The minimum Gasteiger partial charge on any atom is -0.494 e. The molecule has 0 aromatic heterocycles. The van der Waals surface area contributed by atoms with Crippen molar-refractivity contribution in [2.45, 2.75) is 13.5 Å². The standard InChI is InChI=1S/C22H21NO2/c1-2-24-21-13-11-20(12-14-21)23-16-19-9-6-10-22(15-19)25-17-18-7-4-3-5-8-18/h3-16H,2,17H2,1H3. The van der Waals surface area contributed by atoms with E-state index in [2.05, 4.69) is 17.1 Å². The van der Waals surface area contributed by atoms with Gasteiger partial charge in [-0.05, 0) is 54.4 Å². The predicted molar refractivity (Wildman–Crippen MR) is 102 cm³/mol. The van der Waals surface area contributed by atoms with Gasteiger partial charge in [0, 0.05) is 6.21 Å². The van der Waals surface area contributed by atoms with Crippen LogP contribution in [0.25, 0.3) is 0 Å². The van der Waals surface area contributed by atoms with E-state index in [0.717, 1.165) is 28.3 Å². The van der Waals surface area contributed by atoms with Crippen LogP contribution in [0.4, 0.5) is 5.69 Å². The zero-order valence-corrected chi connectivity index (χ0v) is 14.3. The first kappa shape index (κ1) is 16.8. The average Bonchev–Trinajstić information content (AvgIpc) is 2.67. The van der Waals surface area contributed by atoms with Gasteiger partial charge in [-0.3, -0.25) is 4.99 Å². The fourth-order valence-electron chi connectivity index (χ4n) is 2.37.